The molecule has 1 saturated carbocycles. The molecule has 1 aromatic carbocycles. The third-order valence-corrected chi connectivity index (χ3v) is 3.81. The van der Waals surface area contributed by atoms with E-state index in [1.165, 1.54) is 18.4 Å². The van der Waals surface area contributed by atoms with Crippen LogP contribution in [0.25, 0.3) is 0 Å². The Kier molecular flexibility index (Phi) is 3.20. The fourth-order valence-electron chi connectivity index (χ4n) is 2.66. The van der Waals surface area contributed by atoms with Crippen LogP contribution in [0.4, 0.5) is 0 Å². The SMILES string of the molecule is CCOc1ccc(C2(N)CCCC2C)cc1. The molecule has 2 atom stereocenters. The van der Waals surface area contributed by atoms with Crippen molar-refractivity contribution >= 4 is 0 Å². The van der Waals surface area contributed by atoms with E-state index >= 15 is 0 Å². The number of hydrogen-bond acceptors (Lipinski definition) is 2. The van der Waals surface area contributed by atoms with Gasteiger partial charge in [-0.2, -0.15) is 0 Å². The summed E-state index contributed by atoms with van der Waals surface area (Å²) < 4.78 is 5.44. The first-order chi connectivity index (χ1) is 7.66. The molecule has 2 heteroatoms. The van der Waals surface area contributed by atoms with Crippen molar-refractivity contribution in [1.29, 1.82) is 0 Å². The summed E-state index contributed by atoms with van der Waals surface area (Å²) in [6.07, 6.45) is 3.58. The van der Waals surface area contributed by atoms with Gasteiger partial charge < -0.3 is 10.5 Å². The molecule has 88 valence electrons. The zero-order valence-corrected chi connectivity index (χ0v) is 10.2. The monoisotopic (exact) mass is 219 g/mol. The molecule has 0 saturated heterocycles. The Balaban J connectivity index is 2.20. The molecule has 1 aliphatic rings. The summed E-state index contributed by atoms with van der Waals surface area (Å²) in [5.74, 6) is 1.51. The van der Waals surface area contributed by atoms with Crippen LogP contribution in [-0.2, 0) is 5.54 Å². The van der Waals surface area contributed by atoms with Crippen LogP contribution in [0.1, 0.15) is 38.7 Å². The molecule has 0 bridgehead atoms. The van der Waals surface area contributed by atoms with Gasteiger partial charge in [0, 0.05) is 5.54 Å². The Labute approximate surface area is 97.8 Å². The minimum Gasteiger partial charge on any atom is -0.494 e. The van der Waals surface area contributed by atoms with E-state index in [9.17, 15) is 0 Å². The molecule has 1 fully saturated rings. The fraction of sp³-hybridized carbons (Fsp3) is 0.571. The van der Waals surface area contributed by atoms with Gasteiger partial charge in [0.15, 0.2) is 0 Å². The second-order valence-corrected chi connectivity index (χ2v) is 4.79. The normalized spacial score (nSPS) is 29.3. The molecule has 0 spiro atoms. The summed E-state index contributed by atoms with van der Waals surface area (Å²) in [4.78, 5) is 0. The molecular weight excluding hydrogens is 198 g/mol. The Morgan fingerprint density at radius 2 is 2.06 bits per heavy atom. The smallest absolute Gasteiger partial charge is 0.119 e. The van der Waals surface area contributed by atoms with Gasteiger partial charge in [-0.05, 0) is 43.4 Å². The van der Waals surface area contributed by atoms with E-state index in [0.29, 0.717) is 12.5 Å². The fourth-order valence-corrected chi connectivity index (χ4v) is 2.66. The first-order valence-electron chi connectivity index (χ1n) is 6.19. The summed E-state index contributed by atoms with van der Waals surface area (Å²) in [7, 11) is 0. The lowest BCUT2D eigenvalue weighted by Crippen LogP contribution is -2.38. The quantitative estimate of drug-likeness (QED) is 0.848. The predicted molar refractivity (Wildman–Crippen MR) is 66.5 cm³/mol. The Bertz CT molecular complexity index is 346. The molecule has 1 aliphatic carbocycles. The number of hydrogen-bond donors (Lipinski definition) is 1. The summed E-state index contributed by atoms with van der Waals surface area (Å²) in [6.45, 7) is 4.96. The second-order valence-electron chi connectivity index (χ2n) is 4.79. The Hall–Kier alpha value is -1.02. The van der Waals surface area contributed by atoms with Crippen molar-refractivity contribution in [2.45, 2.75) is 38.6 Å². The minimum atomic E-state index is -0.120. The number of rotatable bonds is 3. The number of ether oxygens (including phenoxy) is 1. The van der Waals surface area contributed by atoms with E-state index in [0.717, 1.165) is 12.2 Å². The van der Waals surface area contributed by atoms with E-state index in [-0.39, 0.29) is 5.54 Å². The molecule has 16 heavy (non-hydrogen) atoms. The lowest BCUT2D eigenvalue weighted by Gasteiger charge is -2.29. The zero-order chi connectivity index (χ0) is 11.6. The molecular formula is C14H21NO. The van der Waals surface area contributed by atoms with Crippen molar-refractivity contribution in [3.63, 3.8) is 0 Å². The standard InChI is InChI=1S/C14H21NO/c1-3-16-13-8-6-12(7-9-13)14(15)10-4-5-11(14)2/h6-9,11H,3-5,10,15H2,1-2H3. The molecule has 2 N–H and O–H groups in total. The van der Waals surface area contributed by atoms with Gasteiger partial charge in [0.2, 0.25) is 0 Å². The highest BCUT2D eigenvalue weighted by Crippen LogP contribution is 2.41. The average Bonchev–Trinajstić information content (AvgIpc) is 2.62. The van der Waals surface area contributed by atoms with Gasteiger partial charge in [-0.15, -0.1) is 0 Å². The van der Waals surface area contributed by atoms with E-state index in [1.54, 1.807) is 0 Å². The maximum Gasteiger partial charge on any atom is 0.119 e. The summed E-state index contributed by atoms with van der Waals surface area (Å²) in [5, 5.41) is 0. The molecule has 0 aliphatic heterocycles. The zero-order valence-electron chi connectivity index (χ0n) is 10.2. The Morgan fingerprint density at radius 1 is 1.38 bits per heavy atom. The molecule has 0 heterocycles. The molecule has 2 rings (SSSR count). The molecule has 1 aromatic rings. The summed E-state index contributed by atoms with van der Waals surface area (Å²) >= 11 is 0. The third-order valence-electron chi connectivity index (χ3n) is 3.81. The van der Waals surface area contributed by atoms with Gasteiger partial charge in [-0.1, -0.05) is 25.5 Å². The van der Waals surface area contributed by atoms with Gasteiger partial charge in [-0.25, -0.2) is 0 Å². The van der Waals surface area contributed by atoms with Crippen LogP contribution in [0.2, 0.25) is 0 Å². The first kappa shape index (κ1) is 11.5. The highest BCUT2D eigenvalue weighted by atomic mass is 16.5. The van der Waals surface area contributed by atoms with Crippen molar-refractivity contribution in [1.82, 2.24) is 0 Å². The highest BCUT2D eigenvalue weighted by Gasteiger charge is 2.37. The largest absolute Gasteiger partial charge is 0.494 e. The molecule has 0 amide bonds. The van der Waals surface area contributed by atoms with Gasteiger partial charge >= 0.3 is 0 Å². The highest BCUT2D eigenvalue weighted by molar-refractivity contribution is 5.33. The summed E-state index contributed by atoms with van der Waals surface area (Å²) in [6, 6.07) is 8.29. The molecule has 0 radical (unpaired) electrons. The topological polar surface area (TPSA) is 35.2 Å². The van der Waals surface area contributed by atoms with Crippen LogP contribution in [-0.4, -0.2) is 6.61 Å². The van der Waals surface area contributed by atoms with Gasteiger partial charge in [0.25, 0.3) is 0 Å². The van der Waals surface area contributed by atoms with Crippen molar-refractivity contribution < 1.29 is 4.74 Å². The van der Waals surface area contributed by atoms with Crippen molar-refractivity contribution in [3.05, 3.63) is 29.8 Å². The second kappa shape index (κ2) is 4.46. The van der Waals surface area contributed by atoms with Crippen molar-refractivity contribution in [3.8, 4) is 5.75 Å². The van der Waals surface area contributed by atoms with Gasteiger partial charge in [0.05, 0.1) is 6.61 Å². The maximum atomic E-state index is 6.51. The summed E-state index contributed by atoms with van der Waals surface area (Å²) in [5.41, 5.74) is 7.64. The van der Waals surface area contributed by atoms with E-state index < -0.39 is 0 Å². The minimum absolute atomic E-state index is 0.120. The van der Waals surface area contributed by atoms with Crippen LogP contribution in [0, 0.1) is 5.92 Å². The number of benzene rings is 1. The van der Waals surface area contributed by atoms with Gasteiger partial charge in [-0.3, -0.25) is 0 Å². The van der Waals surface area contributed by atoms with Gasteiger partial charge in [0.1, 0.15) is 5.75 Å². The van der Waals surface area contributed by atoms with Crippen LogP contribution >= 0.6 is 0 Å². The van der Waals surface area contributed by atoms with Crippen LogP contribution < -0.4 is 10.5 Å². The third kappa shape index (κ3) is 1.94. The lowest BCUT2D eigenvalue weighted by molar-refractivity contribution is 0.335. The molecule has 0 aromatic heterocycles. The van der Waals surface area contributed by atoms with Crippen molar-refractivity contribution in [2.75, 3.05) is 6.61 Å². The van der Waals surface area contributed by atoms with E-state index in [1.807, 2.05) is 19.1 Å². The van der Waals surface area contributed by atoms with E-state index in [4.69, 9.17) is 10.5 Å². The van der Waals surface area contributed by atoms with E-state index in [2.05, 4.69) is 19.1 Å². The average molecular weight is 219 g/mol. The van der Waals surface area contributed by atoms with Crippen LogP contribution in [0.15, 0.2) is 24.3 Å². The predicted octanol–water partition coefficient (Wildman–Crippen LogP) is 3.06. The first-order valence-corrected chi connectivity index (χ1v) is 6.19. The maximum absolute atomic E-state index is 6.51. The van der Waals surface area contributed by atoms with Crippen LogP contribution in [0.3, 0.4) is 0 Å². The Morgan fingerprint density at radius 3 is 2.56 bits per heavy atom. The van der Waals surface area contributed by atoms with Crippen molar-refractivity contribution in [2.24, 2.45) is 11.7 Å². The number of nitrogens with two attached hydrogens (primary N) is 1. The lowest BCUT2D eigenvalue weighted by atomic mass is 9.82. The molecule has 2 nitrogen and oxygen atoms in total. The van der Waals surface area contributed by atoms with Crippen LogP contribution in [0.5, 0.6) is 5.75 Å². The molecule has 2 unspecified atom stereocenters.